The van der Waals surface area contributed by atoms with Gasteiger partial charge in [-0.3, -0.25) is 0 Å². The molecule has 0 amide bonds. The third-order valence-corrected chi connectivity index (χ3v) is 3.60. The molecule has 0 aliphatic heterocycles. The summed E-state index contributed by atoms with van der Waals surface area (Å²) in [6.07, 6.45) is 1.05. The van der Waals surface area contributed by atoms with Gasteiger partial charge in [0, 0.05) is 16.7 Å². The van der Waals surface area contributed by atoms with E-state index in [-0.39, 0.29) is 5.82 Å². The second kappa shape index (κ2) is 6.01. The maximum atomic E-state index is 12.9. The maximum absolute atomic E-state index is 12.9. The number of nitrogens with one attached hydrogen (secondary N) is 1. The molecule has 0 bridgehead atoms. The van der Waals surface area contributed by atoms with E-state index in [1.807, 2.05) is 0 Å². The zero-order valence-corrected chi connectivity index (χ0v) is 11.8. The van der Waals surface area contributed by atoms with Crippen molar-refractivity contribution in [2.75, 3.05) is 5.32 Å². The van der Waals surface area contributed by atoms with E-state index in [1.165, 1.54) is 17.7 Å². The molecular formula is C15H15BrFN. The van der Waals surface area contributed by atoms with Gasteiger partial charge in [0.05, 0.1) is 0 Å². The summed E-state index contributed by atoms with van der Waals surface area (Å²) >= 11 is 3.36. The third-order valence-electron chi connectivity index (χ3n) is 2.86. The van der Waals surface area contributed by atoms with Crippen LogP contribution in [0.1, 0.15) is 18.1 Å². The number of anilines is 1. The molecule has 2 rings (SSSR count). The average molecular weight is 308 g/mol. The lowest BCUT2D eigenvalue weighted by Gasteiger charge is -2.09. The van der Waals surface area contributed by atoms with Gasteiger partial charge in [0.1, 0.15) is 5.82 Å². The largest absolute Gasteiger partial charge is 0.381 e. The Labute approximate surface area is 115 Å². The minimum Gasteiger partial charge on any atom is -0.381 e. The highest BCUT2D eigenvalue weighted by molar-refractivity contribution is 9.10. The molecule has 2 aromatic rings. The highest BCUT2D eigenvalue weighted by Gasteiger charge is 2.01. The second-order valence-corrected chi connectivity index (χ2v) is 4.99. The number of aryl methyl sites for hydroxylation is 1. The van der Waals surface area contributed by atoms with Crippen molar-refractivity contribution < 1.29 is 4.39 Å². The van der Waals surface area contributed by atoms with Gasteiger partial charge in [-0.05, 0) is 41.8 Å². The highest BCUT2D eigenvalue weighted by Crippen LogP contribution is 2.19. The minimum atomic E-state index is -0.224. The van der Waals surface area contributed by atoms with E-state index >= 15 is 0 Å². The van der Waals surface area contributed by atoms with Crippen LogP contribution in [-0.4, -0.2) is 0 Å². The Balaban J connectivity index is 2.02. The third kappa shape index (κ3) is 3.33. The topological polar surface area (TPSA) is 12.0 Å². The number of halogens is 2. The zero-order chi connectivity index (χ0) is 13.0. The van der Waals surface area contributed by atoms with Crippen LogP contribution in [0.4, 0.5) is 10.1 Å². The summed E-state index contributed by atoms with van der Waals surface area (Å²) in [4.78, 5) is 0. The molecule has 2 aromatic carbocycles. The minimum absolute atomic E-state index is 0.224. The van der Waals surface area contributed by atoms with Crippen molar-refractivity contribution in [3.8, 4) is 0 Å². The molecule has 18 heavy (non-hydrogen) atoms. The van der Waals surface area contributed by atoms with Crippen LogP contribution < -0.4 is 5.32 Å². The first kappa shape index (κ1) is 13.1. The molecule has 0 saturated heterocycles. The van der Waals surface area contributed by atoms with Gasteiger partial charge in [0.15, 0.2) is 0 Å². The predicted molar refractivity (Wildman–Crippen MR) is 77.2 cm³/mol. The average Bonchev–Trinajstić information content (AvgIpc) is 2.38. The Morgan fingerprint density at radius 1 is 1.11 bits per heavy atom. The van der Waals surface area contributed by atoms with E-state index in [9.17, 15) is 4.39 Å². The van der Waals surface area contributed by atoms with Crippen molar-refractivity contribution in [1.29, 1.82) is 0 Å². The summed E-state index contributed by atoms with van der Waals surface area (Å²) in [5, 5.41) is 3.32. The van der Waals surface area contributed by atoms with Crippen LogP contribution in [0.5, 0.6) is 0 Å². The van der Waals surface area contributed by atoms with Crippen molar-refractivity contribution in [3.63, 3.8) is 0 Å². The summed E-state index contributed by atoms with van der Waals surface area (Å²) in [5.74, 6) is -0.224. The SMILES string of the molecule is CCc1ccc(NCc2ccc(F)cc2Br)cc1. The number of rotatable bonds is 4. The van der Waals surface area contributed by atoms with E-state index in [1.54, 1.807) is 6.07 Å². The lowest BCUT2D eigenvalue weighted by molar-refractivity contribution is 0.626. The Bertz CT molecular complexity index is 523. The number of hydrogen-bond donors (Lipinski definition) is 1. The Morgan fingerprint density at radius 2 is 1.83 bits per heavy atom. The van der Waals surface area contributed by atoms with Gasteiger partial charge in [-0.2, -0.15) is 0 Å². The molecule has 0 radical (unpaired) electrons. The van der Waals surface area contributed by atoms with Crippen LogP contribution in [0, 0.1) is 5.82 Å². The van der Waals surface area contributed by atoms with Gasteiger partial charge < -0.3 is 5.32 Å². The smallest absolute Gasteiger partial charge is 0.124 e. The first-order valence-electron chi connectivity index (χ1n) is 5.96. The quantitative estimate of drug-likeness (QED) is 0.858. The lowest BCUT2D eigenvalue weighted by atomic mass is 10.1. The molecule has 0 aliphatic rings. The van der Waals surface area contributed by atoms with Crippen molar-refractivity contribution in [3.05, 3.63) is 63.9 Å². The van der Waals surface area contributed by atoms with Gasteiger partial charge in [-0.15, -0.1) is 0 Å². The van der Waals surface area contributed by atoms with Crippen LogP contribution >= 0.6 is 15.9 Å². The van der Waals surface area contributed by atoms with E-state index in [0.717, 1.165) is 22.1 Å². The van der Waals surface area contributed by atoms with Crippen molar-refractivity contribution >= 4 is 21.6 Å². The molecule has 0 spiro atoms. The van der Waals surface area contributed by atoms with Gasteiger partial charge in [-0.1, -0.05) is 41.1 Å². The second-order valence-electron chi connectivity index (χ2n) is 4.14. The Morgan fingerprint density at radius 3 is 2.44 bits per heavy atom. The van der Waals surface area contributed by atoms with Crippen LogP contribution in [-0.2, 0) is 13.0 Å². The molecule has 0 saturated carbocycles. The van der Waals surface area contributed by atoms with Crippen LogP contribution in [0.25, 0.3) is 0 Å². The molecule has 0 atom stereocenters. The van der Waals surface area contributed by atoms with Gasteiger partial charge in [-0.25, -0.2) is 4.39 Å². The molecule has 0 fully saturated rings. The molecule has 0 unspecified atom stereocenters. The first-order chi connectivity index (χ1) is 8.69. The lowest BCUT2D eigenvalue weighted by Crippen LogP contribution is -2.00. The number of benzene rings is 2. The van der Waals surface area contributed by atoms with Crippen molar-refractivity contribution in [2.24, 2.45) is 0 Å². The van der Waals surface area contributed by atoms with E-state index in [2.05, 4.69) is 52.4 Å². The fourth-order valence-electron chi connectivity index (χ4n) is 1.72. The standard InChI is InChI=1S/C15H15BrFN/c1-2-11-3-7-14(8-4-11)18-10-12-5-6-13(17)9-15(12)16/h3-9,18H,2,10H2,1H3. The summed E-state index contributed by atoms with van der Waals surface area (Å²) < 4.78 is 13.7. The predicted octanol–water partition coefficient (Wildman–Crippen LogP) is 4.76. The maximum Gasteiger partial charge on any atom is 0.124 e. The Kier molecular flexibility index (Phi) is 4.37. The normalized spacial score (nSPS) is 10.4. The van der Waals surface area contributed by atoms with Crippen LogP contribution in [0.2, 0.25) is 0 Å². The van der Waals surface area contributed by atoms with E-state index < -0.39 is 0 Å². The van der Waals surface area contributed by atoms with Crippen LogP contribution in [0.3, 0.4) is 0 Å². The molecular weight excluding hydrogens is 293 g/mol. The van der Waals surface area contributed by atoms with Gasteiger partial charge >= 0.3 is 0 Å². The van der Waals surface area contributed by atoms with Gasteiger partial charge in [0.25, 0.3) is 0 Å². The fourth-order valence-corrected chi connectivity index (χ4v) is 2.21. The molecule has 1 nitrogen and oxygen atoms in total. The molecule has 0 aliphatic carbocycles. The van der Waals surface area contributed by atoms with Gasteiger partial charge in [0.2, 0.25) is 0 Å². The summed E-state index contributed by atoms with van der Waals surface area (Å²) in [6, 6.07) is 13.1. The van der Waals surface area contributed by atoms with Crippen molar-refractivity contribution in [2.45, 2.75) is 19.9 Å². The molecule has 3 heteroatoms. The monoisotopic (exact) mass is 307 g/mol. The molecule has 0 aromatic heterocycles. The number of hydrogen-bond acceptors (Lipinski definition) is 1. The molecule has 94 valence electrons. The Hall–Kier alpha value is -1.35. The highest BCUT2D eigenvalue weighted by atomic mass is 79.9. The molecule has 0 heterocycles. The molecule has 1 N–H and O–H groups in total. The fraction of sp³-hybridized carbons (Fsp3) is 0.200. The van der Waals surface area contributed by atoms with E-state index in [4.69, 9.17) is 0 Å². The summed E-state index contributed by atoms with van der Waals surface area (Å²) in [5.41, 5.74) is 3.43. The van der Waals surface area contributed by atoms with Crippen LogP contribution in [0.15, 0.2) is 46.9 Å². The first-order valence-corrected chi connectivity index (χ1v) is 6.75. The van der Waals surface area contributed by atoms with Crippen molar-refractivity contribution in [1.82, 2.24) is 0 Å². The summed E-state index contributed by atoms with van der Waals surface area (Å²) in [6.45, 7) is 2.81. The van der Waals surface area contributed by atoms with E-state index in [0.29, 0.717) is 6.54 Å². The zero-order valence-electron chi connectivity index (χ0n) is 10.2. The summed E-state index contributed by atoms with van der Waals surface area (Å²) in [7, 11) is 0.